The number of aliphatic hydroxyl groups is 1. The lowest BCUT2D eigenvalue weighted by Gasteiger charge is -2.22. The van der Waals surface area contributed by atoms with Gasteiger partial charge in [-0.15, -0.1) is 10.2 Å². The Morgan fingerprint density at radius 1 is 0.810 bits per heavy atom. The number of hydrogen-bond acceptors (Lipinski definition) is 9. The minimum Gasteiger partial charge on any atom is -0.460 e. The summed E-state index contributed by atoms with van der Waals surface area (Å²) in [6.45, 7) is 11.6. The van der Waals surface area contributed by atoms with E-state index >= 15 is 0 Å². The molecule has 1 atom stereocenters. The molecule has 6 heterocycles. The van der Waals surface area contributed by atoms with Gasteiger partial charge in [0.15, 0.2) is 11.6 Å². The number of aliphatic hydroxyl groups excluding tert-OH is 1. The van der Waals surface area contributed by atoms with Gasteiger partial charge in [0.05, 0.1) is 19.2 Å². The molecule has 63 heavy (non-hydrogen) atoms. The fraction of sp³-hybridized carbons (Fsp3) is 0.367. The number of furan rings is 2. The molecule has 0 spiro atoms. The van der Waals surface area contributed by atoms with E-state index in [2.05, 4.69) is 75.0 Å². The van der Waals surface area contributed by atoms with Crippen molar-refractivity contribution in [3.05, 3.63) is 143 Å². The van der Waals surface area contributed by atoms with Gasteiger partial charge in [-0.1, -0.05) is 80.1 Å². The van der Waals surface area contributed by atoms with E-state index in [9.17, 15) is 14.4 Å². The van der Waals surface area contributed by atoms with Gasteiger partial charge >= 0.3 is 0 Å². The first kappa shape index (κ1) is 43.2. The maximum Gasteiger partial charge on any atom is 0.287 e. The number of rotatable bonds is 12. The summed E-state index contributed by atoms with van der Waals surface area (Å²) in [6.07, 6.45) is 2.25. The highest BCUT2D eigenvalue weighted by molar-refractivity contribution is 5.98. The Morgan fingerprint density at radius 3 is 2.43 bits per heavy atom. The fourth-order valence-electron chi connectivity index (χ4n) is 8.44. The molecule has 7 aromatic rings. The van der Waals surface area contributed by atoms with E-state index in [4.69, 9.17) is 13.9 Å². The van der Waals surface area contributed by atoms with Crippen LogP contribution in [0.3, 0.4) is 0 Å². The van der Waals surface area contributed by atoms with Crippen molar-refractivity contribution in [2.45, 2.75) is 72.1 Å². The fourth-order valence-corrected chi connectivity index (χ4v) is 8.44. The Kier molecular flexibility index (Phi) is 13.5. The van der Waals surface area contributed by atoms with Gasteiger partial charge in [-0.2, -0.15) is 0 Å². The zero-order chi connectivity index (χ0) is 43.9. The highest BCUT2D eigenvalue weighted by atomic mass is 16.4. The van der Waals surface area contributed by atoms with Gasteiger partial charge < -0.3 is 38.6 Å². The number of carbonyl (C=O) groups is 3. The molecule has 14 heteroatoms. The number of amides is 3. The molecule has 4 aromatic heterocycles. The molecule has 328 valence electrons. The number of aromatic nitrogens is 4. The van der Waals surface area contributed by atoms with Crippen LogP contribution >= 0.6 is 0 Å². The topological polar surface area (TPSA) is 166 Å². The summed E-state index contributed by atoms with van der Waals surface area (Å²) in [5.74, 6) is 3.60. The summed E-state index contributed by atoms with van der Waals surface area (Å²) in [5.41, 5.74) is 4.75. The molecule has 2 aliphatic heterocycles. The Labute approximate surface area is 366 Å². The average molecular weight is 853 g/mol. The third kappa shape index (κ3) is 10.6. The SMILES string of the molecule is CC(C)CC(NC(=O)c1ccc(CCO)o1)c1nnc2n1CCN(Cc1cc3ccccc3o1)CC2.Cc1cccc(CN2CCN(C(=O)c3cc4ccccc4[nH]3)CCC2=O)c1. The monoisotopic (exact) mass is 852 g/mol. The van der Waals surface area contributed by atoms with Crippen molar-refractivity contribution in [1.82, 2.24) is 39.8 Å². The van der Waals surface area contributed by atoms with E-state index in [1.807, 2.05) is 65.6 Å². The number of aromatic amines is 1. The Morgan fingerprint density at radius 2 is 1.63 bits per heavy atom. The van der Waals surface area contributed by atoms with Crippen molar-refractivity contribution < 1.29 is 28.3 Å². The zero-order valence-corrected chi connectivity index (χ0v) is 36.3. The van der Waals surface area contributed by atoms with E-state index in [0.29, 0.717) is 56.4 Å². The third-order valence-electron chi connectivity index (χ3n) is 11.7. The maximum absolute atomic E-state index is 13.0. The van der Waals surface area contributed by atoms with Crippen LogP contribution in [0.5, 0.6) is 0 Å². The van der Waals surface area contributed by atoms with Gasteiger partial charge in [0, 0.05) is 81.4 Å². The van der Waals surface area contributed by atoms with Crippen LogP contribution in [-0.2, 0) is 37.3 Å². The molecule has 2 aliphatic rings. The number of aryl methyl sites for hydroxylation is 1. The molecule has 9 rings (SSSR count). The molecular weight excluding hydrogens is 797 g/mol. The van der Waals surface area contributed by atoms with Crippen molar-refractivity contribution in [3.63, 3.8) is 0 Å². The summed E-state index contributed by atoms with van der Waals surface area (Å²) in [6, 6.07) is 31.2. The number of para-hydroxylation sites is 2. The molecule has 3 N–H and O–H groups in total. The largest absolute Gasteiger partial charge is 0.460 e. The lowest BCUT2D eigenvalue weighted by molar-refractivity contribution is -0.130. The van der Waals surface area contributed by atoms with Crippen LogP contribution in [0.1, 0.15) is 88.1 Å². The van der Waals surface area contributed by atoms with Gasteiger partial charge in [-0.25, -0.2) is 0 Å². The number of carbonyl (C=O) groups excluding carboxylic acids is 3. The van der Waals surface area contributed by atoms with Gasteiger partial charge in [-0.05, 0) is 61.2 Å². The molecule has 0 saturated carbocycles. The molecule has 3 amide bonds. The lowest BCUT2D eigenvalue weighted by atomic mass is 10.0. The molecule has 1 saturated heterocycles. The first-order valence-electron chi connectivity index (χ1n) is 21.9. The van der Waals surface area contributed by atoms with Crippen LogP contribution in [0.4, 0.5) is 0 Å². The molecule has 1 unspecified atom stereocenters. The summed E-state index contributed by atoms with van der Waals surface area (Å²) in [5, 5.41) is 23.4. The van der Waals surface area contributed by atoms with Crippen LogP contribution in [0, 0.1) is 12.8 Å². The van der Waals surface area contributed by atoms with Crippen LogP contribution in [0.2, 0.25) is 0 Å². The van der Waals surface area contributed by atoms with E-state index in [0.717, 1.165) is 83.9 Å². The summed E-state index contributed by atoms with van der Waals surface area (Å²) < 4.78 is 13.8. The Hall–Kier alpha value is -6.51. The van der Waals surface area contributed by atoms with Crippen molar-refractivity contribution in [2.24, 2.45) is 5.92 Å². The van der Waals surface area contributed by atoms with Crippen LogP contribution in [0.25, 0.3) is 21.9 Å². The van der Waals surface area contributed by atoms with Crippen molar-refractivity contribution in [2.75, 3.05) is 39.3 Å². The zero-order valence-electron chi connectivity index (χ0n) is 36.3. The second-order valence-electron chi connectivity index (χ2n) is 16.9. The lowest BCUT2D eigenvalue weighted by Crippen LogP contribution is -2.35. The smallest absolute Gasteiger partial charge is 0.287 e. The van der Waals surface area contributed by atoms with Crippen LogP contribution in [0.15, 0.2) is 106 Å². The average Bonchev–Trinajstić information content (AvgIpc) is 4.06. The van der Waals surface area contributed by atoms with Gasteiger partial charge in [0.1, 0.15) is 28.6 Å². The van der Waals surface area contributed by atoms with E-state index in [-0.39, 0.29) is 36.1 Å². The minimum atomic E-state index is -0.290. The second kappa shape index (κ2) is 19.7. The van der Waals surface area contributed by atoms with Crippen molar-refractivity contribution in [1.29, 1.82) is 0 Å². The highest BCUT2D eigenvalue weighted by Crippen LogP contribution is 2.25. The van der Waals surface area contributed by atoms with Crippen LogP contribution < -0.4 is 5.32 Å². The minimum absolute atomic E-state index is 0.0240. The quantitative estimate of drug-likeness (QED) is 0.117. The summed E-state index contributed by atoms with van der Waals surface area (Å²) in [7, 11) is 0. The van der Waals surface area contributed by atoms with E-state index < -0.39 is 0 Å². The van der Waals surface area contributed by atoms with Crippen molar-refractivity contribution >= 4 is 39.6 Å². The predicted molar refractivity (Wildman–Crippen MR) is 240 cm³/mol. The predicted octanol–water partition coefficient (Wildman–Crippen LogP) is 7.08. The van der Waals surface area contributed by atoms with E-state index in [1.54, 1.807) is 17.0 Å². The highest BCUT2D eigenvalue weighted by Gasteiger charge is 2.28. The number of hydrogen-bond donors (Lipinski definition) is 3. The Bertz CT molecular complexity index is 2610. The maximum atomic E-state index is 13.0. The molecule has 1 fully saturated rings. The second-order valence-corrected chi connectivity index (χ2v) is 16.9. The van der Waals surface area contributed by atoms with Gasteiger partial charge in [0.25, 0.3) is 11.8 Å². The van der Waals surface area contributed by atoms with Crippen LogP contribution in [-0.4, -0.2) is 96.6 Å². The first-order chi connectivity index (χ1) is 30.6. The first-order valence-corrected chi connectivity index (χ1v) is 21.9. The molecule has 3 aromatic carbocycles. The summed E-state index contributed by atoms with van der Waals surface area (Å²) >= 11 is 0. The molecule has 0 aliphatic carbocycles. The number of fused-ring (bicyclic) bond motifs is 3. The number of benzene rings is 3. The Balaban J connectivity index is 0.000000180. The third-order valence-corrected chi connectivity index (χ3v) is 11.7. The van der Waals surface area contributed by atoms with Gasteiger partial charge in [-0.3, -0.25) is 19.3 Å². The van der Waals surface area contributed by atoms with Crippen molar-refractivity contribution in [3.8, 4) is 0 Å². The molecule has 14 nitrogen and oxygen atoms in total. The number of nitrogens with one attached hydrogen (secondary N) is 2. The molecule has 0 bridgehead atoms. The number of nitrogens with zero attached hydrogens (tertiary/aromatic N) is 6. The van der Waals surface area contributed by atoms with Gasteiger partial charge in [0.2, 0.25) is 5.91 Å². The standard InChI is InChI=1S/C27H33N5O4.C22H23N3O2/c1-18(2)15-22(28-27(34)24-8-7-20(35-24)10-14-33)26-30-29-25-9-11-31(12-13-32(25)26)17-21-16-19-5-3-4-6-23(19)36-21;1-16-5-4-6-17(13-16)15-25-12-11-24(10-9-21(25)26)22(27)20-14-18-7-2-3-8-19(18)23-20/h3-8,16,18,22,33H,9-15,17H2,1-2H3,(H,28,34);2-8,13-14,23H,9-12,15H2,1H3. The van der Waals surface area contributed by atoms with E-state index in [1.165, 1.54) is 5.56 Å². The molecular formula is C49H56N8O6. The number of H-pyrrole nitrogens is 1. The summed E-state index contributed by atoms with van der Waals surface area (Å²) in [4.78, 5) is 47.6. The molecule has 0 radical (unpaired) electrons. The normalized spacial score (nSPS) is 15.2.